The molecular formula is C24H28N4O3. The van der Waals surface area contributed by atoms with E-state index >= 15 is 0 Å². The van der Waals surface area contributed by atoms with Crippen LogP contribution in [0.25, 0.3) is 11.0 Å². The van der Waals surface area contributed by atoms with Gasteiger partial charge in [-0.15, -0.1) is 0 Å². The zero-order valence-electron chi connectivity index (χ0n) is 18.5. The van der Waals surface area contributed by atoms with Crippen LogP contribution in [-0.4, -0.2) is 33.6 Å². The molecule has 162 valence electrons. The van der Waals surface area contributed by atoms with Gasteiger partial charge >= 0.3 is 6.09 Å². The molecule has 2 unspecified atom stereocenters. The number of benzene rings is 2. The molecule has 0 bridgehead atoms. The predicted octanol–water partition coefficient (Wildman–Crippen LogP) is 4.41. The number of H-pyrrole nitrogens is 1. The van der Waals surface area contributed by atoms with Crippen LogP contribution in [0, 0.1) is 6.92 Å². The summed E-state index contributed by atoms with van der Waals surface area (Å²) in [5.74, 6) is 0.520. The van der Waals surface area contributed by atoms with Crippen molar-refractivity contribution >= 4 is 28.7 Å². The lowest BCUT2D eigenvalue weighted by molar-refractivity contribution is -0.120. The van der Waals surface area contributed by atoms with E-state index in [4.69, 9.17) is 9.72 Å². The zero-order chi connectivity index (χ0) is 22.3. The minimum absolute atomic E-state index is 0.211. The molecule has 2 amide bonds. The Morgan fingerprint density at radius 1 is 1.23 bits per heavy atom. The van der Waals surface area contributed by atoms with E-state index in [-0.39, 0.29) is 11.9 Å². The SMILES string of the molecule is Cc1ccc2[nH]c(C3Cc4ccccc4N3C(=O)C(C)NC(=O)OC(C)(C)C)nc2c1. The first-order valence-electron chi connectivity index (χ1n) is 10.5. The van der Waals surface area contributed by atoms with E-state index in [0.29, 0.717) is 6.42 Å². The van der Waals surface area contributed by atoms with E-state index in [1.54, 1.807) is 32.6 Å². The van der Waals surface area contributed by atoms with E-state index < -0.39 is 17.7 Å². The second-order valence-corrected chi connectivity index (χ2v) is 9.07. The number of amides is 2. The van der Waals surface area contributed by atoms with Crippen molar-refractivity contribution < 1.29 is 14.3 Å². The van der Waals surface area contributed by atoms with Crippen molar-refractivity contribution in [1.82, 2.24) is 15.3 Å². The fraction of sp³-hybridized carbons (Fsp3) is 0.375. The van der Waals surface area contributed by atoms with E-state index in [0.717, 1.165) is 33.7 Å². The molecule has 0 aliphatic carbocycles. The summed E-state index contributed by atoms with van der Waals surface area (Å²) in [6, 6.07) is 12.9. The van der Waals surface area contributed by atoms with Crippen LogP contribution in [0.4, 0.5) is 10.5 Å². The average molecular weight is 421 g/mol. The monoisotopic (exact) mass is 420 g/mol. The molecule has 1 aliphatic heterocycles. The molecule has 2 N–H and O–H groups in total. The Balaban J connectivity index is 1.64. The normalized spacial score (nSPS) is 16.8. The van der Waals surface area contributed by atoms with Gasteiger partial charge in [0.1, 0.15) is 17.5 Å². The highest BCUT2D eigenvalue weighted by Gasteiger charge is 2.38. The van der Waals surface area contributed by atoms with Gasteiger partial charge in [-0.25, -0.2) is 9.78 Å². The van der Waals surface area contributed by atoms with Crippen LogP contribution in [0.15, 0.2) is 42.5 Å². The number of aromatic amines is 1. The smallest absolute Gasteiger partial charge is 0.408 e. The Morgan fingerprint density at radius 2 is 1.97 bits per heavy atom. The highest BCUT2D eigenvalue weighted by Crippen LogP contribution is 2.40. The van der Waals surface area contributed by atoms with Crippen LogP contribution in [0.5, 0.6) is 0 Å². The lowest BCUT2D eigenvalue weighted by Crippen LogP contribution is -2.48. The van der Waals surface area contributed by atoms with E-state index in [9.17, 15) is 9.59 Å². The molecule has 0 saturated carbocycles. The summed E-state index contributed by atoms with van der Waals surface area (Å²) in [5.41, 5.74) is 4.21. The quantitative estimate of drug-likeness (QED) is 0.657. The van der Waals surface area contributed by atoms with Gasteiger partial charge in [-0.3, -0.25) is 9.69 Å². The number of para-hydroxylation sites is 1. The summed E-state index contributed by atoms with van der Waals surface area (Å²) < 4.78 is 5.31. The highest BCUT2D eigenvalue weighted by atomic mass is 16.6. The van der Waals surface area contributed by atoms with Gasteiger partial charge < -0.3 is 15.0 Å². The number of alkyl carbamates (subject to hydrolysis) is 1. The summed E-state index contributed by atoms with van der Waals surface area (Å²) in [7, 11) is 0. The molecule has 0 radical (unpaired) electrons. The maximum Gasteiger partial charge on any atom is 0.408 e. The number of fused-ring (bicyclic) bond motifs is 2. The third-order valence-electron chi connectivity index (χ3n) is 5.29. The number of hydrogen-bond acceptors (Lipinski definition) is 4. The molecular weight excluding hydrogens is 392 g/mol. The molecule has 7 heteroatoms. The van der Waals surface area contributed by atoms with Crippen molar-refractivity contribution in [3.8, 4) is 0 Å². The fourth-order valence-electron chi connectivity index (χ4n) is 3.93. The van der Waals surface area contributed by atoms with Gasteiger partial charge in [0.25, 0.3) is 0 Å². The van der Waals surface area contributed by atoms with Crippen molar-refractivity contribution in [1.29, 1.82) is 0 Å². The van der Waals surface area contributed by atoms with Gasteiger partial charge in [-0.2, -0.15) is 0 Å². The zero-order valence-corrected chi connectivity index (χ0v) is 18.5. The van der Waals surface area contributed by atoms with Crippen molar-refractivity contribution in [2.75, 3.05) is 4.90 Å². The molecule has 2 atom stereocenters. The third kappa shape index (κ3) is 4.26. The number of carbonyl (C=O) groups is 2. The van der Waals surface area contributed by atoms with E-state index in [1.165, 1.54) is 0 Å². The van der Waals surface area contributed by atoms with Gasteiger partial charge in [-0.1, -0.05) is 24.3 Å². The van der Waals surface area contributed by atoms with Crippen LogP contribution in [0.1, 0.15) is 50.7 Å². The first-order chi connectivity index (χ1) is 14.6. The molecule has 2 heterocycles. The molecule has 7 nitrogen and oxygen atoms in total. The molecule has 0 saturated heterocycles. The maximum absolute atomic E-state index is 13.5. The second kappa shape index (κ2) is 7.72. The third-order valence-corrected chi connectivity index (χ3v) is 5.29. The Hall–Kier alpha value is -3.35. The highest BCUT2D eigenvalue weighted by molar-refractivity contribution is 6.00. The minimum Gasteiger partial charge on any atom is -0.444 e. The van der Waals surface area contributed by atoms with Crippen LogP contribution < -0.4 is 10.2 Å². The van der Waals surface area contributed by atoms with Gasteiger partial charge in [-0.05, 0) is 63.9 Å². The minimum atomic E-state index is -0.755. The van der Waals surface area contributed by atoms with E-state index in [2.05, 4.69) is 10.3 Å². The van der Waals surface area contributed by atoms with Crippen molar-refractivity contribution in [2.24, 2.45) is 0 Å². The molecule has 1 aromatic heterocycles. The second-order valence-electron chi connectivity index (χ2n) is 9.07. The van der Waals surface area contributed by atoms with Crippen LogP contribution in [0.3, 0.4) is 0 Å². The lowest BCUT2D eigenvalue weighted by Gasteiger charge is -2.28. The van der Waals surface area contributed by atoms with E-state index in [1.807, 2.05) is 49.4 Å². The number of aryl methyl sites for hydroxylation is 1. The number of anilines is 1. The summed E-state index contributed by atoms with van der Waals surface area (Å²) in [6.07, 6.45) is 0.0384. The van der Waals surface area contributed by atoms with Crippen molar-refractivity contribution in [3.63, 3.8) is 0 Å². The number of hydrogen-bond donors (Lipinski definition) is 2. The largest absolute Gasteiger partial charge is 0.444 e. The van der Waals surface area contributed by atoms with Crippen LogP contribution >= 0.6 is 0 Å². The number of nitrogens with one attached hydrogen (secondary N) is 2. The summed E-state index contributed by atoms with van der Waals surface area (Å²) in [4.78, 5) is 35.6. The molecule has 4 rings (SSSR count). The van der Waals surface area contributed by atoms with Gasteiger partial charge in [0.05, 0.1) is 17.1 Å². The van der Waals surface area contributed by atoms with Crippen molar-refractivity contribution in [2.45, 2.75) is 58.7 Å². The van der Waals surface area contributed by atoms with Gasteiger partial charge in [0.15, 0.2) is 0 Å². The maximum atomic E-state index is 13.5. The molecule has 31 heavy (non-hydrogen) atoms. The Bertz CT molecular complexity index is 1150. The standard InChI is InChI=1S/C24H28N4O3/c1-14-10-11-17-18(12-14)27-21(26-17)20-13-16-8-6-7-9-19(16)28(20)22(29)15(2)25-23(30)31-24(3,4)5/h6-12,15,20H,13H2,1-5H3,(H,25,30)(H,26,27). The molecule has 3 aromatic rings. The Labute approximate surface area is 181 Å². The predicted molar refractivity (Wildman–Crippen MR) is 120 cm³/mol. The number of ether oxygens (including phenoxy) is 1. The molecule has 2 aromatic carbocycles. The first-order valence-corrected chi connectivity index (χ1v) is 10.5. The average Bonchev–Trinajstić information content (AvgIpc) is 3.26. The molecule has 1 aliphatic rings. The van der Waals surface area contributed by atoms with Crippen LogP contribution in [0.2, 0.25) is 0 Å². The number of imidazole rings is 1. The van der Waals surface area contributed by atoms with Crippen molar-refractivity contribution in [3.05, 3.63) is 59.4 Å². The van der Waals surface area contributed by atoms with Gasteiger partial charge in [0.2, 0.25) is 5.91 Å². The van der Waals surface area contributed by atoms with Crippen LogP contribution in [-0.2, 0) is 16.0 Å². The van der Waals surface area contributed by atoms with Gasteiger partial charge in [0, 0.05) is 12.1 Å². The Kier molecular flexibility index (Phi) is 5.21. The topological polar surface area (TPSA) is 87.3 Å². The summed E-state index contributed by atoms with van der Waals surface area (Å²) in [6.45, 7) is 9.06. The molecule has 0 spiro atoms. The summed E-state index contributed by atoms with van der Waals surface area (Å²) in [5, 5.41) is 2.67. The number of nitrogens with zero attached hydrogens (tertiary/aromatic N) is 2. The fourth-order valence-corrected chi connectivity index (χ4v) is 3.93. The number of aromatic nitrogens is 2. The molecule has 0 fully saturated rings. The number of carbonyl (C=O) groups excluding carboxylic acids is 2. The number of rotatable bonds is 3. The Morgan fingerprint density at radius 3 is 2.71 bits per heavy atom. The first kappa shape index (κ1) is 20.9. The summed E-state index contributed by atoms with van der Waals surface area (Å²) >= 11 is 0. The lowest BCUT2D eigenvalue weighted by atomic mass is 10.1.